The molecule has 0 bridgehead atoms. The molecular weight excluding hydrogens is 316 g/mol. The standard InChI is InChI=1S/C15H18N4O3S/c1-16-14(11-8-17-19(2)9-11)15(20)18-12-4-3-10-5-6-23(21,22)13(10)7-12/h3-4,7-9,14,16H,5-6H2,1-2H3,(H,18,20). The van der Waals surface area contributed by atoms with E-state index in [1.54, 1.807) is 43.3 Å². The van der Waals surface area contributed by atoms with Gasteiger partial charge in [-0.2, -0.15) is 5.10 Å². The Labute approximate surface area is 134 Å². The molecule has 1 aliphatic rings. The third kappa shape index (κ3) is 2.99. The third-order valence-corrected chi connectivity index (χ3v) is 5.71. The molecule has 7 nitrogen and oxygen atoms in total. The summed E-state index contributed by atoms with van der Waals surface area (Å²) in [5, 5.41) is 9.76. The first-order chi connectivity index (χ1) is 10.9. The summed E-state index contributed by atoms with van der Waals surface area (Å²) in [4.78, 5) is 12.8. The number of nitrogens with one attached hydrogen (secondary N) is 2. The quantitative estimate of drug-likeness (QED) is 0.856. The van der Waals surface area contributed by atoms with Crippen molar-refractivity contribution in [3.05, 3.63) is 41.7 Å². The van der Waals surface area contributed by atoms with Crippen molar-refractivity contribution in [3.8, 4) is 0 Å². The van der Waals surface area contributed by atoms with Crippen molar-refractivity contribution in [3.63, 3.8) is 0 Å². The van der Waals surface area contributed by atoms with Crippen molar-refractivity contribution in [2.75, 3.05) is 18.1 Å². The Hall–Kier alpha value is -2.19. The van der Waals surface area contributed by atoms with Crippen LogP contribution < -0.4 is 10.6 Å². The van der Waals surface area contributed by atoms with Gasteiger partial charge in [-0.15, -0.1) is 0 Å². The van der Waals surface area contributed by atoms with E-state index >= 15 is 0 Å². The Kier molecular flexibility index (Phi) is 3.95. The SMILES string of the molecule is CNC(C(=O)Nc1ccc2c(c1)S(=O)(=O)CC2)c1cnn(C)c1. The smallest absolute Gasteiger partial charge is 0.246 e. The molecule has 2 N–H and O–H groups in total. The van der Waals surface area contributed by atoms with Crippen LogP contribution in [0.1, 0.15) is 17.2 Å². The monoisotopic (exact) mass is 334 g/mol. The van der Waals surface area contributed by atoms with Crippen molar-refractivity contribution in [1.82, 2.24) is 15.1 Å². The van der Waals surface area contributed by atoms with Crippen LogP contribution in [0.25, 0.3) is 0 Å². The normalized spacial score (nSPS) is 16.8. The van der Waals surface area contributed by atoms with Crippen LogP contribution in [0.4, 0.5) is 5.69 Å². The van der Waals surface area contributed by atoms with Crippen molar-refractivity contribution in [1.29, 1.82) is 0 Å². The van der Waals surface area contributed by atoms with E-state index in [2.05, 4.69) is 15.7 Å². The van der Waals surface area contributed by atoms with Gasteiger partial charge in [-0.25, -0.2) is 8.42 Å². The number of rotatable bonds is 4. The molecule has 1 aromatic heterocycles. The number of benzene rings is 1. The largest absolute Gasteiger partial charge is 0.324 e. The average Bonchev–Trinajstić information content (AvgIpc) is 3.04. The average molecular weight is 334 g/mol. The van der Waals surface area contributed by atoms with E-state index in [4.69, 9.17) is 0 Å². The van der Waals surface area contributed by atoms with Gasteiger partial charge in [-0.3, -0.25) is 9.48 Å². The van der Waals surface area contributed by atoms with Gasteiger partial charge in [0.1, 0.15) is 6.04 Å². The van der Waals surface area contributed by atoms with Gasteiger partial charge in [0.05, 0.1) is 16.8 Å². The first kappa shape index (κ1) is 15.7. The maximum atomic E-state index is 12.5. The minimum atomic E-state index is -3.22. The lowest BCUT2D eigenvalue weighted by Crippen LogP contribution is -2.30. The molecule has 0 spiro atoms. The van der Waals surface area contributed by atoms with Gasteiger partial charge in [0.15, 0.2) is 9.84 Å². The van der Waals surface area contributed by atoms with Gasteiger partial charge < -0.3 is 10.6 Å². The number of anilines is 1. The van der Waals surface area contributed by atoms with Crippen molar-refractivity contribution in [2.45, 2.75) is 17.4 Å². The summed E-state index contributed by atoms with van der Waals surface area (Å²) in [6.45, 7) is 0. The predicted molar refractivity (Wildman–Crippen MR) is 85.8 cm³/mol. The van der Waals surface area contributed by atoms with Crippen LogP contribution in [0.15, 0.2) is 35.5 Å². The number of carbonyl (C=O) groups is 1. The number of sulfone groups is 1. The Balaban J connectivity index is 1.83. The molecule has 2 heterocycles. The third-order valence-electron chi connectivity index (χ3n) is 3.92. The van der Waals surface area contributed by atoms with Gasteiger partial charge in [0, 0.05) is 24.5 Å². The lowest BCUT2D eigenvalue weighted by molar-refractivity contribution is -0.118. The van der Waals surface area contributed by atoms with E-state index in [0.29, 0.717) is 17.0 Å². The lowest BCUT2D eigenvalue weighted by atomic mass is 10.1. The number of likely N-dealkylation sites (N-methyl/N-ethyl adjacent to an activating group) is 1. The second-order valence-corrected chi connectivity index (χ2v) is 7.63. The zero-order chi connectivity index (χ0) is 16.6. The summed E-state index contributed by atoms with van der Waals surface area (Å²) >= 11 is 0. The number of hydrogen-bond acceptors (Lipinski definition) is 5. The number of nitrogens with zero attached hydrogens (tertiary/aromatic N) is 2. The fraction of sp³-hybridized carbons (Fsp3) is 0.333. The number of hydrogen-bond donors (Lipinski definition) is 2. The Morgan fingerprint density at radius 2 is 2.17 bits per heavy atom. The molecular formula is C15H18N4O3S. The molecule has 0 aliphatic carbocycles. The van der Waals surface area contributed by atoms with Crippen LogP contribution in [0.5, 0.6) is 0 Å². The van der Waals surface area contributed by atoms with Gasteiger partial charge in [0.25, 0.3) is 0 Å². The van der Waals surface area contributed by atoms with Crippen molar-refractivity contribution < 1.29 is 13.2 Å². The Morgan fingerprint density at radius 3 is 2.83 bits per heavy atom. The first-order valence-electron chi connectivity index (χ1n) is 7.23. The summed E-state index contributed by atoms with van der Waals surface area (Å²) in [7, 11) is 0.243. The molecule has 122 valence electrons. The van der Waals surface area contributed by atoms with E-state index in [0.717, 1.165) is 11.1 Å². The summed E-state index contributed by atoms with van der Waals surface area (Å²) in [5.41, 5.74) is 2.02. The summed E-state index contributed by atoms with van der Waals surface area (Å²) in [6.07, 6.45) is 3.91. The van der Waals surface area contributed by atoms with Crippen LogP contribution in [-0.2, 0) is 28.1 Å². The minimum Gasteiger partial charge on any atom is -0.324 e. The zero-order valence-electron chi connectivity index (χ0n) is 12.9. The van der Waals surface area contributed by atoms with Crippen molar-refractivity contribution in [2.24, 2.45) is 7.05 Å². The molecule has 1 unspecified atom stereocenters. The highest BCUT2D eigenvalue weighted by molar-refractivity contribution is 7.91. The first-order valence-corrected chi connectivity index (χ1v) is 8.88. The highest BCUT2D eigenvalue weighted by Crippen LogP contribution is 2.29. The van der Waals surface area contributed by atoms with Crippen LogP contribution >= 0.6 is 0 Å². The fourth-order valence-corrected chi connectivity index (χ4v) is 4.32. The second-order valence-electron chi connectivity index (χ2n) is 5.55. The minimum absolute atomic E-state index is 0.133. The molecule has 8 heteroatoms. The molecule has 1 amide bonds. The molecule has 1 aromatic carbocycles. The van der Waals surface area contributed by atoms with Gasteiger partial charge in [-0.05, 0) is 31.2 Å². The number of fused-ring (bicyclic) bond motifs is 1. The van der Waals surface area contributed by atoms with E-state index in [1.807, 2.05) is 0 Å². The lowest BCUT2D eigenvalue weighted by Gasteiger charge is -2.15. The highest BCUT2D eigenvalue weighted by Gasteiger charge is 2.27. The Bertz CT molecular complexity index is 857. The van der Waals surface area contributed by atoms with E-state index in [1.165, 1.54) is 6.07 Å². The maximum absolute atomic E-state index is 12.5. The fourth-order valence-electron chi connectivity index (χ4n) is 2.74. The number of aromatic nitrogens is 2. The molecule has 23 heavy (non-hydrogen) atoms. The molecule has 0 fully saturated rings. The zero-order valence-corrected chi connectivity index (χ0v) is 13.7. The highest BCUT2D eigenvalue weighted by atomic mass is 32.2. The predicted octanol–water partition coefficient (Wildman–Crippen LogP) is 0.649. The Morgan fingerprint density at radius 1 is 1.39 bits per heavy atom. The summed E-state index contributed by atoms with van der Waals surface area (Å²) in [6, 6.07) is 4.46. The van der Waals surface area contributed by atoms with E-state index in [-0.39, 0.29) is 11.7 Å². The number of carbonyl (C=O) groups excluding carboxylic acids is 1. The van der Waals surface area contributed by atoms with Crippen LogP contribution in [0.2, 0.25) is 0 Å². The van der Waals surface area contributed by atoms with Crippen LogP contribution in [-0.4, -0.2) is 36.9 Å². The van der Waals surface area contributed by atoms with Gasteiger partial charge in [-0.1, -0.05) is 6.07 Å². The van der Waals surface area contributed by atoms with Crippen LogP contribution in [0.3, 0.4) is 0 Å². The van der Waals surface area contributed by atoms with Gasteiger partial charge >= 0.3 is 0 Å². The summed E-state index contributed by atoms with van der Waals surface area (Å²) in [5.74, 6) is -0.134. The molecule has 1 aliphatic heterocycles. The number of amides is 1. The molecule has 1 atom stereocenters. The number of aryl methyl sites for hydroxylation is 2. The molecule has 3 rings (SSSR count). The second kappa shape index (κ2) is 5.78. The summed E-state index contributed by atoms with van der Waals surface area (Å²) < 4.78 is 25.6. The van der Waals surface area contributed by atoms with Gasteiger partial charge in [0.2, 0.25) is 5.91 Å². The topological polar surface area (TPSA) is 93.1 Å². The molecule has 0 radical (unpaired) electrons. The van der Waals surface area contributed by atoms with E-state index < -0.39 is 15.9 Å². The molecule has 2 aromatic rings. The molecule has 0 saturated carbocycles. The van der Waals surface area contributed by atoms with Crippen LogP contribution in [0, 0.1) is 0 Å². The maximum Gasteiger partial charge on any atom is 0.246 e. The van der Waals surface area contributed by atoms with Crippen molar-refractivity contribution >= 4 is 21.4 Å². The van der Waals surface area contributed by atoms with E-state index in [9.17, 15) is 13.2 Å². The molecule has 0 saturated heterocycles.